The van der Waals surface area contributed by atoms with Crippen LogP contribution in [-0.4, -0.2) is 29.6 Å². The standard InChI is InChI=1S/C13H12N4O2S2/c1-21(18,19)10-2-3-12-11(4-10)13(16-7-15-12)14-5-9-6-20-8-17-9/h2-4,6-8H,5H2,1H3,(H,14,15,16). The fraction of sp³-hybridized carbons (Fsp3) is 0.154. The summed E-state index contributed by atoms with van der Waals surface area (Å²) >= 11 is 1.52. The van der Waals surface area contributed by atoms with E-state index in [0.29, 0.717) is 23.3 Å². The molecule has 0 aliphatic rings. The van der Waals surface area contributed by atoms with Crippen molar-refractivity contribution in [3.8, 4) is 0 Å². The fourth-order valence-electron chi connectivity index (χ4n) is 1.91. The van der Waals surface area contributed by atoms with Crippen LogP contribution >= 0.6 is 11.3 Å². The number of sulfone groups is 1. The second kappa shape index (κ2) is 5.38. The molecule has 0 aliphatic heterocycles. The van der Waals surface area contributed by atoms with Crippen molar-refractivity contribution in [2.24, 2.45) is 0 Å². The number of hydrogen-bond acceptors (Lipinski definition) is 7. The predicted octanol–water partition coefficient (Wildman–Crippen LogP) is 2.10. The summed E-state index contributed by atoms with van der Waals surface area (Å²) < 4.78 is 23.3. The first-order valence-corrected chi connectivity index (χ1v) is 8.93. The smallest absolute Gasteiger partial charge is 0.175 e. The van der Waals surface area contributed by atoms with E-state index >= 15 is 0 Å². The van der Waals surface area contributed by atoms with Gasteiger partial charge in [0.25, 0.3) is 0 Å². The monoisotopic (exact) mass is 320 g/mol. The molecule has 6 nitrogen and oxygen atoms in total. The second-order valence-electron chi connectivity index (χ2n) is 4.51. The van der Waals surface area contributed by atoms with E-state index in [2.05, 4.69) is 20.3 Å². The molecule has 1 N–H and O–H groups in total. The zero-order valence-electron chi connectivity index (χ0n) is 11.1. The maximum absolute atomic E-state index is 11.7. The van der Waals surface area contributed by atoms with Crippen molar-refractivity contribution < 1.29 is 8.42 Å². The first-order chi connectivity index (χ1) is 10.0. The van der Waals surface area contributed by atoms with Crippen LogP contribution in [0, 0.1) is 0 Å². The van der Waals surface area contributed by atoms with Gasteiger partial charge < -0.3 is 5.32 Å². The van der Waals surface area contributed by atoms with Crippen LogP contribution in [0.2, 0.25) is 0 Å². The molecule has 8 heteroatoms. The summed E-state index contributed by atoms with van der Waals surface area (Å²) in [5.41, 5.74) is 3.36. The highest BCUT2D eigenvalue weighted by Gasteiger charge is 2.11. The summed E-state index contributed by atoms with van der Waals surface area (Å²) in [5, 5.41) is 5.79. The summed E-state index contributed by atoms with van der Waals surface area (Å²) in [5.74, 6) is 0.596. The van der Waals surface area contributed by atoms with Crippen LogP contribution in [-0.2, 0) is 16.4 Å². The zero-order valence-corrected chi connectivity index (χ0v) is 12.8. The number of nitrogens with zero attached hydrogens (tertiary/aromatic N) is 3. The number of aromatic nitrogens is 3. The lowest BCUT2D eigenvalue weighted by Gasteiger charge is -2.08. The molecule has 0 saturated carbocycles. The van der Waals surface area contributed by atoms with E-state index in [-0.39, 0.29) is 4.90 Å². The van der Waals surface area contributed by atoms with Gasteiger partial charge in [-0.15, -0.1) is 11.3 Å². The molecular formula is C13H12N4O2S2. The Morgan fingerprint density at radius 3 is 2.81 bits per heavy atom. The number of hydrogen-bond donors (Lipinski definition) is 1. The molecule has 3 aromatic rings. The van der Waals surface area contributed by atoms with E-state index < -0.39 is 9.84 Å². The van der Waals surface area contributed by atoms with E-state index in [1.807, 2.05) is 5.38 Å². The highest BCUT2D eigenvalue weighted by molar-refractivity contribution is 7.90. The van der Waals surface area contributed by atoms with Crippen molar-refractivity contribution in [3.63, 3.8) is 0 Å². The third kappa shape index (κ3) is 3.01. The Bertz CT molecular complexity index is 876. The average Bonchev–Trinajstić information content (AvgIpc) is 2.96. The van der Waals surface area contributed by atoms with Crippen LogP contribution in [0.5, 0.6) is 0 Å². The molecule has 0 radical (unpaired) electrons. The van der Waals surface area contributed by atoms with E-state index in [4.69, 9.17) is 0 Å². The van der Waals surface area contributed by atoms with Gasteiger partial charge in [0.05, 0.1) is 28.2 Å². The van der Waals surface area contributed by atoms with Gasteiger partial charge in [0.15, 0.2) is 9.84 Å². The molecule has 2 aromatic heterocycles. The van der Waals surface area contributed by atoms with Gasteiger partial charge in [0.1, 0.15) is 12.1 Å². The summed E-state index contributed by atoms with van der Waals surface area (Å²) in [6, 6.07) is 4.82. The minimum Gasteiger partial charge on any atom is -0.364 e. The van der Waals surface area contributed by atoms with Crippen molar-refractivity contribution in [1.82, 2.24) is 15.0 Å². The topological polar surface area (TPSA) is 84.8 Å². The van der Waals surface area contributed by atoms with Crippen molar-refractivity contribution in [3.05, 3.63) is 41.1 Å². The third-order valence-corrected chi connectivity index (χ3v) is 4.70. The van der Waals surface area contributed by atoms with E-state index in [9.17, 15) is 8.42 Å². The maximum Gasteiger partial charge on any atom is 0.175 e. The predicted molar refractivity (Wildman–Crippen MR) is 82.1 cm³/mol. The SMILES string of the molecule is CS(=O)(=O)c1ccc2ncnc(NCc3cscn3)c2c1. The molecule has 2 heterocycles. The lowest BCUT2D eigenvalue weighted by atomic mass is 10.2. The normalized spacial score (nSPS) is 11.7. The number of fused-ring (bicyclic) bond motifs is 1. The van der Waals surface area contributed by atoms with E-state index in [0.717, 1.165) is 5.69 Å². The average molecular weight is 320 g/mol. The summed E-state index contributed by atoms with van der Waals surface area (Å²) in [6.07, 6.45) is 2.63. The van der Waals surface area contributed by atoms with Crippen LogP contribution in [0.25, 0.3) is 10.9 Å². The maximum atomic E-state index is 11.7. The summed E-state index contributed by atoms with van der Waals surface area (Å²) in [4.78, 5) is 12.8. The number of benzene rings is 1. The van der Waals surface area contributed by atoms with Gasteiger partial charge in [-0.05, 0) is 18.2 Å². The van der Waals surface area contributed by atoms with Crippen LogP contribution in [0.3, 0.4) is 0 Å². The highest BCUT2D eigenvalue weighted by Crippen LogP contribution is 2.23. The minimum atomic E-state index is -3.26. The molecule has 0 fully saturated rings. The van der Waals surface area contributed by atoms with E-state index in [1.54, 1.807) is 23.7 Å². The lowest BCUT2D eigenvalue weighted by Crippen LogP contribution is -2.04. The number of rotatable bonds is 4. The van der Waals surface area contributed by atoms with Crippen LogP contribution < -0.4 is 5.32 Å². The fourth-order valence-corrected chi connectivity index (χ4v) is 3.11. The Morgan fingerprint density at radius 1 is 1.24 bits per heavy atom. The Labute approximate surface area is 125 Å². The van der Waals surface area contributed by atoms with Gasteiger partial charge in [-0.3, -0.25) is 0 Å². The first-order valence-electron chi connectivity index (χ1n) is 6.10. The number of nitrogens with one attached hydrogen (secondary N) is 1. The van der Waals surface area contributed by atoms with Crippen molar-refractivity contribution in [2.75, 3.05) is 11.6 Å². The molecule has 3 rings (SSSR count). The molecule has 21 heavy (non-hydrogen) atoms. The molecule has 0 amide bonds. The van der Waals surface area contributed by atoms with Gasteiger partial charge in [-0.25, -0.2) is 23.4 Å². The number of anilines is 1. The second-order valence-corrected chi connectivity index (χ2v) is 7.24. The largest absolute Gasteiger partial charge is 0.364 e. The van der Waals surface area contributed by atoms with Crippen LogP contribution in [0.4, 0.5) is 5.82 Å². The molecule has 0 unspecified atom stereocenters. The Hall–Kier alpha value is -2.06. The Morgan fingerprint density at radius 2 is 2.10 bits per heavy atom. The van der Waals surface area contributed by atoms with Crippen molar-refractivity contribution in [2.45, 2.75) is 11.4 Å². The quantitative estimate of drug-likeness (QED) is 0.792. The minimum absolute atomic E-state index is 0.251. The highest BCUT2D eigenvalue weighted by atomic mass is 32.2. The van der Waals surface area contributed by atoms with Gasteiger partial charge in [-0.2, -0.15) is 0 Å². The first kappa shape index (κ1) is 13.9. The molecule has 1 aromatic carbocycles. The molecule has 108 valence electrons. The van der Waals surface area contributed by atoms with Crippen molar-refractivity contribution >= 4 is 37.9 Å². The lowest BCUT2D eigenvalue weighted by molar-refractivity contribution is 0.602. The van der Waals surface area contributed by atoms with E-state index in [1.165, 1.54) is 23.9 Å². The Kier molecular flexibility index (Phi) is 3.56. The molecule has 0 bridgehead atoms. The molecule has 0 atom stereocenters. The summed E-state index contributed by atoms with van der Waals surface area (Å²) in [6.45, 7) is 0.527. The Balaban J connectivity index is 2.01. The third-order valence-electron chi connectivity index (χ3n) is 2.96. The van der Waals surface area contributed by atoms with Crippen molar-refractivity contribution in [1.29, 1.82) is 0 Å². The van der Waals surface area contributed by atoms with Crippen LogP contribution in [0.1, 0.15) is 5.69 Å². The molecule has 0 saturated heterocycles. The molecule has 0 spiro atoms. The summed E-state index contributed by atoms with van der Waals surface area (Å²) in [7, 11) is -3.26. The van der Waals surface area contributed by atoms with Gasteiger partial charge >= 0.3 is 0 Å². The molecular weight excluding hydrogens is 308 g/mol. The van der Waals surface area contributed by atoms with Gasteiger partial charge in [-0.1, -0.05) is 0 Å². The number of thiazole rings is 1. The van der Waals surface area contributed by atoms with Crippen LogP contribution in [0.15, 0.2) is 40.3 Å². The van der Waals surface area contributed by atoms with Gasteiger partial charge in [0, 0.05) is 17.0 Å². The zero-order chi connectivity index (χ0) is 14.9. The molecule has 0 aliphatic carbocycles. The van der Waals surface area contributed by atoms with Gasteiger partial charge in [0.2, 0.25) is 0 Å².